The topological polar surface area (TPSA) is 70.4 Å². The van der Waals surface area contributed by atoms with Gasteiger partial charge in [0.1, 0.15) is 5.82 Å². The molecule has 30 heavy (non-hydrogen) atoms. The SMILES string of the molecule is COC(=O)c1ccc(-c2nc3cc(C(=O)OC)ccc3n2Cc2ccccc2)cc1. The van der Waals surface area contributed by atoms with E-state index in [1.165, 1.54) is 14.2 Å². The van der Waals surface area contributed by atoms with Crippen LogP contribution < -0.4 is 0 Å². The van der Waals surface area contributed by atoms with E-state index in [1.54, 1.807) is 24.3 Å². The fourth-order valence-electron chi connectivity index (χ4n) is 3.39. The fraction of sp³-hybridized carbons (Fsp3) is 0.125. The molecule has 150 valence electrons. The number of carbonyl (C=O) groups is 2. The number of esters is 2. The summed E-state index contributed by atoms with van der Waals surface area (Å²) in [5, 5.41) is 0. The molecular weight excluding hydrogens is 380 g/mol. The van der Waals surface area contributed by atoms with Crippen LogP contribution in [-0.2, 0) is 16.0 Å². The maximum Gasteiger partial charge on any atom is 0.337 e. The lowest BCUT2D eigenvalue weighted by Gasteiger charge is -2.10. The van der Waals surface area contributed by atoms with Crippen molar-refractivity contribution >= 4 is 23.0 Å². The second-order valence-corrected chi connectivity index (χ2v) is 6.77. The van der Waals surface area contributed by atoms with E-state index >= 15 is 0 Å². The molecule has 1 heterocycles. The van der Waals surface area contributed by atoms with Gasteiger partial charge in [0.05, 0.1) is 36.4 Å². The van der Waals surface area contributed by atoms with E-state index in [0.29, 0.717) is 23.2 Å². The van der Waals surface area contributed by atoms with Crippen LogP contribution >= 0.6 is 0 Å². The Balaban J connectivity index is 1.84. The van der Waals surface area contributed by atoms with E-state index in [2.05, 4.69) is 16.7 Å². The number of methoxy groups -OCH3 is 2. The van der Waals surface area contributed by atoms with Crippen LogP contribution in [0.1, 0.15) is 26.3 Å². The number of fused-ring (bicyclic) bond motifs is 1. The summed E-state index contributed by atoms with van der Waals surface area (Å²) in [6.07, 6.45) is 0. The van der Waals surface area contributed by atoms with Gasteiger partial charge in [0.25, 0.3) is 0 Å². The summed E-state index contributed by atoms with van der Waals surface area (Å²) < 4.78 is 11.7. The van der Waals surface area contributed by atoms with E-state index in [4.69, 9.17) is 14.5 Å². The van der Waals surface area contributed by atoms with Gasteiger partial charge in [-0.2, -0.15) is 0 Å². The number of ether oxygens (including phenoxy) is 2. The minimum atomic E-state index is -0.404. The maximum atomic E-state index is 11.9. The third-order valence-corrected chi connectivity index (χ3v) is 4.92. The van der Waals surface area contributed by atoms with Crippen molar-refractivity contribution < 1.29 is 19.1 Å². The first-order valence-electron chi connectivity index (χ1n) is 9.42. The minimum Gasteiger partial charge on any atom is -0.465 e. The second-order valence-electron chi connectivity index (χ2n) is 6.77. The van der Waals surface area contributed by atoms with Crippen LogP contribution in [0.25, 0.3) is 22.4 Å². The molecule has 4 aromatic rings. The molecule has 0 aliphatic carbocycles. The second kappa shape index (κ2) is 8.21. The predicted octanol–water partition coefficient (Wildman–Crippen LogP) is 4.32. The molecule has 0 saturated carbocycles. The molecule has 0 atom stereocenters. The fourth-order valence-corrected chi connectivity index (χ4v) is 3.39. The van der Waals surface area contributed by atoms with Crippen molar-refractivity contribution in [3.05, 3.63) is 89.5 Å². The lowest BCUT2D eigenvalue weighted by atomic mass is 10.1. The van der Waals surface area contributed by atoms with Crippen LogP contribution in [0.2, 0.25) is 0 Å². The Kier molecular flexibility index (Phi) is 5.30. The lowest BCUT2D eigenvalue weighted by molar-refractivity contribution is 0.0592. The summed E-state index contributed by atoms with van der Waals surface area (Å²) in [5.74, 6) is -0.0483. The Morgan fingerprint density at radius 3 is 2.13 bits per heavy atom. The molecule has 0 radical (unpaired) electrons. The Morgan fingerprint density at radius 2 is 1.47 bits per heavy atom. The van der Waals surface area contributed by atoms with Crippen LogP contribution in [0.3, 0.4) is 0 Å². The van der Waals surface area contributed by atoms with Crippen LogP contribution in [0.5, 0.6) is 0 Å². The van der Waals surface area contributed by atoms with Crippen molar-refractivity contribution in [2.24, 2.45) is 0 Å². The van der Waals surface area contributed by atoms with E-state index in [0.717, 1.165) is 22.5 Å². The minimum absolute atomic E-state index is 0.387. The smallest absolute Gasteiger partial charge is 0.337 e. The monoisotopic (exact) mass is 400 g/mol. The molecule has 1 aromatic heterocycles. The van der Waals surface area contributed by atoms with Gasteiger partial charge in [-0.15, -0.1) is 0 Å². The van der Waals surface area contributed by atoms with Crippen LogP contribution in [0.4, 0.5) is 0 Å². The molecule has 0 N–H and O–H groups in total. The van der Waals surface area contributed by atoms with Gasteiger partial charge in [0.2, 0.25) is 0 Å². The third-order valence-electron chi connectivity index (χ3n) is 4.92. The normalized spacial score (nSPS) is 10.7. The zero-order valence-corrected chi connectivity index (χ0v) is 16.7. The molecule has 3 aromatic carbocycles. The van der Waals surface area contributed by atoms with E-state index in [9.17, 15) is 9.59 Å². The van der Waals surface area contributed by atoms with Crippen LogP contribution in [-0.4, -0.2) is 35.7 Å². The highest BCUT2D eigenvalue weighted by Gasteiger charge is 2.16. The number of rotatable bonds is 5. The van der Waals surface area contributed by atoms with Gasteiger partial charge in [0.15, 0.2) is 0 Å². The van der Waals surface area contributed by atoms with E-state index in [1.807, 2.05) is 36.4 Å². The summed E-state index contributed by atoms with van der Waals surface area (Å²) in [7, 11) is 2.71. The molecular formula is C24H20N2O4. The van der Waals surface area contributed by atoms with Crippen molar-refractivity contribution in [1.82, 2.24) is 9.55 Å². The van der Waals surface area contributed by atoms with Gasteiger partial charge < -0.3 is 14.0 Å². The third kappa shape index (κ3) is 3.67. The Hall–Kier alpha value is -3.93. The summed E-state index contributed by atoms with van der Waals surface area (Å²) in [6.45, 7) is 0.614. The summed E-state index contributed by atoms with van der Waals surface area (Å²) in [4.78, 5) is 28.5. The quantitative estimate of drug-likeness (QED) is 0.467. The molecule has 0 unspecified atom stereocenters. The zero-order chi connectivity index (χ0) is 21.1. The highest BCUT2D eigenvalue weighted by molar-refractivity contribution is 5.94. The number of carbonyl (C=O) groups excluding carboxylic acids is 2. The van der Waals surface area contributed by atoms with Crippen molar-refractivity contribution in [3.63, 3.8) is 0 Å². The first-order valence-corrected chi connectivity index (χ1v) is 9.42. The average molecular weight is 400 g/mol. The highest BCUT2D eigenvalue weighted by atomic mass is 16.5. The van der Waals surface area contributed by atoms with Crippen molar-refractivity contribution in [3.8, 4) is 11.4 Å². The number of nitrogens with zero attached hydrogens (tertiary/aromatic N) is 2. The van der Waals surface area contributed by atoms with Gasteiger partial charge in [-0.25, -0.2) is 14.6 Å². The number of hydrogen-bond acceptors (Lipinski definition) is 5. The molecule has 0 saturated heterocycles. The Labute approximate surface area is 173 Å². The molecule has 0 fully saturated rings. The summed E-state index contributed by atoms with van der Waals surface area (Å²) >= 11 is 0. The molecule has 6 heteroatoms. The molecule has 0 spiro atoms. The summed E-state index contributed by atoms with van der Waals surface area (Å²) in [5.41, 5.74) is 4.50. The van der Waals surface area contributed by atoms with E-state index in [-0.39, 0.29) is 5.97 Å². The van der Waals surface area contributed by atoms with Gasteiger partial charge in [-0.1, -0.05) is 42.5 Å². The molecule has 0 aliphatic heterocycles. The number of benzene rings is 3. The van der Waals surface area contributed by atoms with Gasteiger partial charge in [-0.3, -0.25) is 0 Å². The molecule has 0 bridgehead atoms. The first-order chi connectivity index (χ1) is 14.6. The van der Waals surface area contributed by atoms with Crippen LogP contribution in [0, 0.1) is 0 Å². The molecule has 4 rings (SSSR count). The molecule has 6 nitrogen and oxygen atoms in total. The highest BCUT2D eigenvalue weighted by Crippen LogP contribution is 2.27. The van der Waals surface area contributed by atoms with Crippen LogP contribution in [0.15, 0.2) is 72.8 Å². The molecule has 0 amide bonds. The average Bonchev–Trinajstić information content (AvgIpc) is 3.16. The van der Waals surface area contributed by atoms with Gasteiger partial charge in [-0.05, 0) is 35.9 Å². The first kappa shape index (κ1) is 19.4. The lowest BCUT2D eigenvalue weighted by Crippen LogP contribution is -2.04. The standard InChI is InChI=1S/C24H20N2O4/c1-29-23(27)18-10-8-17(9-11-18)22-25-20-14-19(24(28)30-2)12-13-21(20)26(22)15-16-6-4-3-5-7-16/h3-14H,15H2,1-2H3. The number of imidazole rings is 1. The van der Waals surface area contributed by atoms with Crippen molar-refractivity contribution in [2.45, 2.75) is 6.54 Å². The zero-order valence-electron chi connectivity index (χ0n) is 16.7. The van der Waals surface area contributed by atoms with Gasteiger partial charge in [0, 0.05) is 12.1 Å². The largest absolute Gasteiger partial charge is 0.465 e. The van der Waals surface area contributed by atoms with Gasteiger partial charge >= 0.3 is 11.9 Å². The van der Waals surface area contributed by atoms with Crippen molar-refractivity contribution in [2.75, 3.05) is 14.2 Å². The number of hydrogen-bond donors (Lipinski definition) is 0. The maximum absolute atomic E-state index is 11.9. The number of aromatic nitrogens is 2. The van der Waals surface area contributed by atoms with Crippen molar-refractivity contribution in [1.29, 1.82) is 0 Å². The molecule has 0 aliphatic rings. The Morgan fingerprint density at radius 1 is 0.833 bits per heavy atom. The Bertz CT molecular complexity index is 1210. The van der Waals surface area contributed by atoms with E-state index < -0.39 is 5.97 Å². The predicted molar refractivity (Wildman–Crippen MR) is 113 cm³/mol. The summed E-state index contributed by atoms with van der Waals surface area (Å²) in [6, 6.07) is 22.5.